The number of fused-ring (bicyclic) bond motifs is 1. The molecule has 1 unspecified atom stereocenters. The second-order valence-electron chi connectivity index (χ2n) is 4.03. The average Bonchev–Trinajstić information content (AvgIpc) is 2.39. The minimum absolute atomic E-state index is 0.0737. The second-order valence-corrected chi connectivity index (χ2v) is 4.03. The van der Waals surface area contributed by atoms with Crippen molar-refractivity contribution in [1.29, 1.82) is 0 Å². The van der Waals surface area contributed by atoms with Crippen LogP contribution < -0.4 is 10.3 Å². The van der Waals surface area contributed by atoms with Gasteiger partial charge in [-0.05, 0) is 26.0 Å². The van der Waals surface area contributed by atoms with Gasteiger partial charge in [-0.25, -0.2) is 0 Å². The first kappa shape index (κ1) is 12.3. The van der Waals surface area contributed by atoms with Gasteiger partial charge in [0.2, 0.25) is 0 Å². The van der Waals surface area contributed by atoms with E-state index in [4.69, 9.17) is 11.2 Å². The molecule has 0 N–H and O–H groups in total. The Labute approximate surface area is 106 Å². The highest BCUT2D eigenvalue weighted by Crippen LogP contribution is 2.24. The summed E-state index contributed by atoms with van der Waals surface area (Å²) in [4.78, 5) is 12.0. The molecule has 1 aromatic heterocycles. The molecule has 0 radical (unpaired) electrons. The summed E-state index contributed by atoms with van der Waals surface area (Å²) in [5, 5.41) is 0.904. The third-order valence-electron chi connectivity index (χ3n) is 2.84. The van der Waals surface area contributed by atoms with Crippen molar-refractivity contribution in [3.8, 4) is 18.1 Å². The molecule has 0 aliphatic rings. The molecule has 92 valence electrons. The van der Waals surface area contributed by atoms with E-state index in [1.807, 2.05) is 31.2 Å². The molecule has 1 heterocycles. The van der Waals surface area contributed by atoms with E-state index in [0.29, 0.717) is 12.3 Å². The minimum Gasteiger partial charge on any atom is -0.477 e. The number of terminal acetylenes is 1. The zero-order valence-electron chi connectivity index (χ0n) is 10.5. The SMILES string of the molecule is C#CC(C)Oc1cc(=O)n(CC)c2ccccc12. The third-order valence-corrected chi connectivity index (χ3v) is 2.84. The molecule has 1 aromatic carbocycles. The van der Waals surface area contributed by atoms with Crippen LogP contribution in [0.15, 0.2) is 35.1 Å². The number of benzene rings is 1. The largest absolute Gasteiger partial charge is 0.477 e. The summed E-state index contributed by atoms with van der Waals surface area (Å²) >= 11 is 0. The fraction of sp³-hybridized carbons (Fsp3) is 0.267. The second kappa shape index (κ2) is 4.97. The Morgan fingerprint density at radius 3 is 2.83 bits per heavy atom. The predicted octanol–water partition coefficient (Wildman–Crippen LogP) is 2.42. The molecular formula is C15H15NO2. The van der Waals surface area contributed by atoms with Gasteiger partial charge in [-0.3, -0.25) is 4.79 Å². The van der Waals surface area contributed by atoms with E-state index >= 15 is 0 Å². The molecule has 18 heavy (non-hydrogen) atoms. The summed E-state index contributed by atoms with van der Waals surface area (Å²) < 4.78 is 7.32. The van der Waals surface area contributed by atoms with Crippen molar-refractivity contribution in [1.82, 2.24) is 4.57 Å². The molecule has 2 aromatic rings. The van der Waals surface area contributed by atoms with Crippen molar-refractivity contribution < 1.29 is 4.74 Å². The summed E-state index contributed by atoms with van der Waals surface area (Å²) in [6, 6.07) is 9.16. The Bertz CT molecular complexity index is 664. The monoisotopic (exact) mass is 241 g/mol. The molecule has 0 bridgehead atoms. The molecule has 3 heteroatoms. The van der Waals surface area contributed by atoms with Crippen molar-refractivity contribution in [2.75, 3.05) is 0 Å². The van der Waals surface area contributed by atoms with Crippen LogP contribution in [-0.4, -0.2) is 10.7 Å². The van der Waals surface area contributed by atoms with Crippen LogP contribution in [0.5, 0.6) is 5.75 Å². The van der Waals surface area contributed by atoms with E-state index in [9.17, 15) is 4.79 Å². The standard InChI is InChI=1S/C15H15NO2/c1-4-11(3)18-14-10-15(17)16(5-2)13-9-7-6-8-12(13)14/h1,6-11H,5H2,2-3H3. The van der Waals surface area contributed by atoms with Gasteiger partial charge in [0.25, 0.3) is 5.56 Å². The Balaban J connectivity index is 2.69. The van der Waals surface area contributed by atoms with Crippen LogP contribution in [0.1, 0.15) is 13.8 Å². The molecule has 1 atom stereocenters. The third kappa shape index (κ3) is 2.10. The van der Waals surface area contributed by atoms with Crippen molar-refractivity contribution in [2.24, 2.45) is 0 Å². The number of hydrogen-bond donors (Lipinski definition) is 0. The quantitative estimate of drug-likeness (QED) is 0.773. The van der Waals surface area contributed by atoms with Gasteiger partial charge in [0.05, 0.1) is 5.52 Å². The maximum absolute atomic E-state index is 12.0. The molecule has 0 amide bonds. The number of aryl methyl sites for hydroxylation is 1. The van der Waals surface area contributed by atoms with Gasteiger partial charge >= 0.3 is 0 Å². The number of hydrogen-bond acceptors (Lipinski definition) is 2. The van der Waals surface area contributed by atoms with E-state index in [1.165, 1.54) is 6.07 Å². The van der Waals surface area contributed by atoms with Gasteiger partial charge in [0.1, 0.15) is 5.75 Å². The number of pyridine rings is 1. The summed E-state index contributed by atoms with van der Waals surface area (Å²) in [6.45, 7) is 4.35. The zero-order valence-corrected chi connectivity index (χ0v) is 10.5. The molecule has 0 aliphatic heterocycles. The maximum Gasteiger partial charge on any atom is 0.254 e. The normalized spacial score (nSPS) is 12.1. The van der Waals surface area contributed by atoms with Crippen LogP contribution in [0.25, 0.3) is 10.9 Å². The van der Waals surface area contributed by atoms with Crippen molar-refractivity contribution in [2.45, 2.75) is 26.5 Å². The molecule has 0 aliphatic carbocycles. The topological polar surface area (TPSA) is 31.2 Å². The number of aromatic nitrogens is 1. The number of para-hydroxylation sites is 1. The summed E-state index contributed by atoms with van der Waals surface area (Å²) in [5.74, 6) is 3.04. The lowest BCUT2D eigenvalue weighted by Crippen LogP contribution is -2.20. The number of rotatable bonds is 3. The van der Waals surface area contributed by atoms with Crippen molar-refractivity contribution in [3.05, 3.63) is 40.7 Å². The first-order valence-corrected chi connectivity index (χ1v) is 5.92. The van der Waals surface area contributed by atoms with Gasteiger partial charge in [-0.15, -0.1) is 6.42 Å². The maximum atomic E-state index is 12.0. The van der Waals surface area contributed by atoms with E-state index < -0.39 is 0 Å². The van der Waals surface area contributed by atoms with Crippen LogP contribution in [0, 0.1) is 12.3 Å². The molecule has 2 rings (SSSR count). The molecule has 0 spiro atoms. The van der Waals surface area contributed by atoms with Crippen molar-refractivity contribution >= 4 is 10.9 Å². The number of ether oxygens (including phenoxy) is 1. The molecule has 0 fully saturated rings. The van der Waals surface area contributed by atoms with Crippen molar-refractivity contribution in [3.63, 3.8) is 0 Å². The van der Waals surface area contributed by atoms with Crippen LogP contribution in [-0.2, 0) is 6.54 Å². The summed E-state index contributed by atoms with van der Waals surface area (Å²) in [6.07, 6.45) is 4.94. The average molecular weight is 241 g/mol. The molecular weight excluding hydrogens is 226 g/mol. The van der Waals surface area contributed by atoms with Gasteiger partial charge < -0.3 is 9.30 Å². The lowest BCUT2D eigenvalue weighted by Gasteiger charge is -2.14. The first-order valence-electron chi connectivity index (χ1n) is 5.92. The predicted molar refractivity (Wildman–Crippen MR) is 72.8 cm³/mol. The van der Waals surface area contributed by atoms with E-state index in [2.05, 4.69) is 5.92 Å². The fourth-order valence-corrected chi connectivity index (χ4v) is 1.95. The van der Waals surface area contributed by atoms with Crippen LogP contribution in [0.3, 0.4) is 0 Å². The van der Waals surface area contributed by atoms with E-state index in [0.717, 1.165) is 10.9 Å². The van der Waals surface area contributed by atoms with Gasteiger partial charge in [0.15, 0.2) is 6.10 Å². The summed E-state index contributed by atoms with van der Waals surface area (Å²) in [7, 11) is 0. The van der Waals surface area contributed by atoms with Gasteiger partial charge in [-0.2, -0.15) is 0 Å². The minimum atomic E-state index is -0.356. The zero-order chi connectivity index (χ0) is 13.1. The van der Waals surface area contributed by atoms with Gasteiger partial charge in [0, 0.05) is 18.0 Å². The summed E-state index contributed by atoms with van der Waals surface area (Å²) in [5.41, 5.74) is 0.794. The highest BCUT2D eigenvalue weighted by molar-refractivity contribution is 5.85. The van der Waals surface area contributed by atoms with E-state index in [-0.39, 0.29) is 11.7 Å². The highest BCUT2D eigenvalue weighted by atomic mass is 16.5. The van der Waals surface area contributed by atoms with Crippen LogP contribution in [0.2, 0.25) is 0 Å². The lowest BCUT2D eigenvalue weighted by atomic mass is 10.2. The van der Waals surface area contributed by atoms with Crippen LogP contribution >= 0.6 is 0 Å². The molecule has 0 saturated heterocycles. The highest BCUT2D eigenvalue weighted by Gasteiger charge is 2.10. The first-order chi connectivity index (χ1) is 8.67. The molecule has 3 nitrogen and oxygen atoms in total. The Kier molecular flexibility index (Phi) is 3.38. The Morgan fingerprint density at radius 1 is 1.44 bits per heavy atom. The van der Waals surface area contributed by atoms with E-state index in [1.54, 1.807) is 11.5 Å². The Morgan fingerprint density at radius 2 is 2.17 bits per heavy atom. The molecule has 0 saturated carbocycles. The van der Waals surface area contributed by atoms with Gasteiger partial charge in [-0.1, -0.05) is 18.1 Å². The fourth-order valence-electron chi connectivity index (χ4n) is 1.95. The lowest BCUT2D eigenvalue weighted by molar-refractivity contribution is 0.282. The smallest absolute Gasteiger partial charge is 0.254 e. The van der Waals surface area contributed by atoms with Crippen LogP contribution in [0.4, 0.5) is 0 Å². The number of nitrogens with zero attached hydrogens (tertiary/aromatic N) is 1. The Hall–Kier alpha value is -2.21.